The van der Waals surface area contributed by atoms with Gasteiger partial charge in [-0.3, -0.25) is 59.6 Å². The molecule has 24 nitrogen and oxygen atoms in total. The zero-order chi connectivity index (χ0) is 85.5. The third kappa shape index (κ3) is 17.4. The number of carbonyl (C=O) groups is 8. The first-order valence-corrected chi connectivity index (χ1v) is 46.3. The number of nitrogens with zero attached hydrogens (tertiary/aromatic N) is 4. The fourth-order valence-corrected chi connectivity index (χ4v) is 19.6. The van der Waals surface area contributed by atoms with Gasteiger partial charge in [0.05, 0.1) is 22.3 Å². The van der Waals surface area contributed by atoms with E-state index in [0.29, 0.717) is 88.8 Å². The summed E-state index contributed by atoms with van der Waals surface area (Å²) in [4.78, 5) is 132. The topological polar surface area (TPSA) is 310 Å². The average molecular weight is 1680 g/mol. The number of unbranched alkanes of at least 4 members (excludes halogenated alkanes) is 32. The third-order valence-corrected chi connectivity index (χ3v) is 26.3. The van der Waals surface area contributed by atoms with Gasteiger partial charge in [0.15, 0.2) is 28.6 Å². The Labute approximate surface area is 723 Å². The van der Waals surface area contributed by atoms with Crippen molar-refractivity contribution in [3.8, 4) is 86.8 Å². The van der Waals surface area contributed by atoms with Crippen LogP contribution >= 0.6 is 0 Å². The van der Waals surface area contributed by atoms with Gasteiger partial charge in [0.25, 0.3) is 70.8 Å². The molecule has 8 aromatic rings. The predicted octanol–water partition coefficient (Wildman–Crippen LogP) is 24.3. The van der Waals surface area contributed by atoms with Crippen LogP contribution in [0.5, 0.6) is 86.8 Å². The van der Waals surface area contributed by atoms with E-state index in [9.17, 15) is 38.4 Å². The Hall–Kier alpha value is -11.6. The van der Waals surface area contributed by atoms with Crippen molar-refractivity contribution in [2.75, 3.05) is 0 Å². The number of fused-ring (bicyclic) bond motifs is 10. The molecule has 8 bridgehead atoms. The number of carbonyl (C=O) groups excluding carboxylic acids is 8. The lowest BCUT2D eigenvalue weighted by molar-refractivity contribution is 0.0861. The Morgan fingerprint density at radius 2 is 0.532 bits per heavy atom. The van der Waals surface area contributed by atoms with Gasteiger partial charge in [0.1, 0.15) is 63.0 Å². The molecule has 1 aliphatic carbocycles. The lowest BCUT2D eigenvalue weighted by Gasteiger charge is -2.37. The van der Waals surface area contributed by atoms with Gasteiger partial charge in [-0.2, -0.15) is 0 Å². The van der Waals surface area contributed by atoms with E-state index in [1.54, 1.807) is 6.07 Å². The molecule has 0 saturated heterocycles. The minimum atomic E-state index is -1.61. The van der Waals surface area contributed by atoms with Crippen LogP contribution in [-0.4, -0.2) is 67.2 Å². The highest BCUT2D eigenvalue weighted by atomic mass is 16.6. The maximum atomic E-state index is 14.2. The van der Waals surface area contributed by atoms with Gasteiger partial charge in [0.2, 0.25) is 0 Å². The highest BCUT2D eigenvalue weighted by Crippen LogP contribution is 2.60. The normalized spacial score (nSPS) is 17.7. The second kappa shape index (κ2) is 37.9. The van der Waals surface area contributed by atoms with Gasteiger partial charge in [-0.25, -0.2) is 19.9 Å². The van der Waals surface area contributed by atoms with Crippen molar-refractivity contribution < 1.29 is 76.3 Å². The van der Waals surface area contributed by atoms with Gasteiger partial charge < -0.3 is 37.9 Å². The number of pyridine rings is 4. The summed E-state index contributed by atoms with van der Waals surface area (Å²) in [5.74, 6) is -6.12. The molecule has 17 rings (SSSR count). The molecule has 4 N–H and O–H groups in total. The molecule has 8 aliphatic heterocycles. The maximum absolute atomic E-state index is 14.2. The summed E-state index contributed by atoms with van der Waals surface area (Å²) in [7, 11) is 0. The Morgan fingerprint density at radius 1 is 0.258 bits per heavy atom. The Balaban J connectivity index is 0.973. The summed E-state index contributed by atoms with van der Waals surface area (Å²) in [6, 6.07) is 24.0. The summed E-state index contributed by atoms with van der Waals surface area (Å²) in [6.45, 7) is 8.91. The molecule has 4 atom stereocenters. The van der Waals surface area contributed by atoms with Crippen molar-refractivity contribution in [2.45, 2.75) is 308 Å². The van der Waals surface area contributed by atoms with Crippen LogP contribution < -0.4 is 59.2 Å². The van der Waals surface area contributed by atoms with Crippen LogP contribution in [0.2, 0.25) is 0 Å². The number of rotatable bonds is 40. The standard InChI is InChI=1S/C100H112N8O16/c1-5-9-13-17-21-25-29-33-37-41-59-62-47-58-44-45-73(62)117-80-51-68-84(92(113)105-88(68)109)101-96(80)121-77-56-78-65(49-64(59)77)60(42-38-34-30-26-22-18-14-10-6-2)63-48-66-61(43-39-35-31-27-23-19-15-11-7-3)67-50-72-79(123-99-83(54-71-87(104-99)95(116)108-91(71)112)124-100(58,72)46-40-36-32-28-24-20-16-12-8-4)57-75(67)119-82-53-70-86(94(115)107-90(70)111)103-98(82)120-76(66)55-74(63)118-81-52-69-85(102-97(81)122-78)93(114)106-89(69)110/h44-45,47-57,59-61H,5-43,46H2,1-4H3,(H,105,109,113)(H,106,110,114)(H,107,111,115)(H,108,112,116). The molecule has 0 radical (unpaired) electrons. The van der Waals surface area contributed by atoms with E-state index < -0.39 is 70.6 Å². The number of hydrogen-bond donors (Lipinski definition) is 4. The van der Waals surface area contributed by atoms with Crippen molar-refractivity contribution in [2.24, 2.45) is 0 Å². The molecule has 4 aromatic heterocycles. The molecule has 0 fully saturated rings. The SMILES string of the molecule is CCCCCCCCCCCC1c2cc3c4cc2Oc2cc5c(nc2Oc2cc6c(cc21)C(CCCCCCCCCCC)c1cc2c(cc1Oc1nc7c(cc1O6)C(=O)NC7=O)Oc1nc6c(cc1Oc1ccc(cc1C2CCCCCCCCCCC)C3(CCCCCCCCCCC)Oc1cc2c(nc1O4)C(=O)NC2=O)C(=O)NC6=O)C(=O)NC5=O. The lowest BCUT2D eigenvalue weighted by atomic mass is 9.75. The van der Waals surface area contributed by atoms with Crippen molar-refractivity contribution in [3.05, 3.63) is 168 Å². The van der Waals surface area contributed by atoms with E-state index in [0.717, 1.165) is 173 Å². The average Bonchev–Trinajstić information content (AvgIpc) is 1.59. The van der Waals surface area contributed by atoms with Crippen LogP contribution in [0.3, 0.4) is 0 Å². The van der Waals surface area contributed by atoms with Crippen LogP contribution in [0.15, 0.2) is 78.9 Å². The fraction of sp³-hybridized carbons (Fsp3) is 0.480. The zero-order valence-electron chi connectivity index (χ0n) is 71.8. The van der Waals surface area contributed by atoms with Crippen LogP contribution in [0, 0.1) is 0 Å². The first kappa shape index (κ1) is 84.6. The molecular weight excluding hydrogens is 1570 g/mol. The molecule has 4 aromatic carbocycles. The number of benzene rings is 4. The number of hydrogen-bond acceptors (Lipinski definition) is 20. The summed E-state index contributed by atoms with van der Waals surface area (Å²) in [6.07, 6.45) is 39.1. The third-order valence-electron chi connectivity index (χ3n) is 26.3. The van der Waals surface area contributed by atoms with Gasteiger partial charge in [-0.05, 0) is 62.4 Å². The second-order valence-corrected chi connectivity index (χ2v) is 35.1. The lowest BCUT2D eigenvalue weighted by Crippen LogP contribution is -2.35. The smallest absolute Gasteiger partial charge is 0.277 e. The second-order valence-electron chi connectivity index (χ2n) is 35.1. The minimum Gasteiger partial charge on any atom is -0.472 e. The fourth-order valence-electron chi connectivity index (χ4n) is 19.6. The molecule has 648 valence electrons. The number of ether oxygens (including phenoxy) is 8. The summed E-state index contributed by atoms with van der Waals surface area (Å²) in [5.41, 5.74) is 2.90. The zero-order valence-corrected chi connectivity index (χ0v) is 71.8. The van der Waals surface area contributed by atoms with Gasteiger partial charge in [-0.15, -0.1) is 0 Å². The van der Waals surface area contributed by atoms with E-state index in [2.05, 4.69) is 73.2 Å². The number of amides is 8. The van der Waals surface area contributed by atoms with E-state index in [4.69, 9.17) is 57.8 Å². The maximum Gasteiger partial charge on any atom is 0.277 e. The summed E-state index contributed by atoms with van der Waals surface area (Å²) >= 11 is 0. The number of aromatic nitrogens is 4. The Bertz CT molecular complexity index is 5520. The van der Waals surface area contributed by atoms with E-state index in [-0.39, 0.29) is 126 Å². The quantitative estimate of drug-likeness (QED) is 0.0205. The minimum absolute atomic E-state index is 0.00307. The number of imide groups is 4. The molecule has 124 heavy (non-hydrogen) atoms. The van der Waals surface area contributed by atoms with E-state index >= 15 is 0 Å². The van der Waals surface area contributed by atoms with Gasteiger partial charge in [-0.1, -0.05) is 258 Å². The van der Waals surface area contributed by atoms with Crippen LogP contribution in [0.4, 0.5) is 0 Å². The molecule has 24 heteroatoms. The van der Waals surface area contributed by atoms with Crippen LogP contribution in [-0.2, 0) is 5.60 Å². The van der Waals surface area contributed by atoms with Crippen molar-refractivity contribution in [1.82, 2.24) is 41.2 Å². The van der Waals surface area contributed by atoms with Crippen molar-refractivity contribution in [1.29, 1.82) is 0 Å². The van der Waals surface area contributed by atoms with Crippen LogP contribution in [0.1, 0.15) is 430 Å². The summed E-state index contributed by atoms with van der Waals surface area (Å²) in [5, 5.41) is 9.73. The predicted molar refractivity (Wildman–Crippen MR) is 465 cm³/mol. The van der Waals surface area contributed by atoms with Gasteiger partial charge in [0, 0.05) is 105 Å². The molecule has 0 saturated carbocycles. The van der Waals surface area contributed by atoms with Crippen molar-refractivity contribution in [3.63, 3.8) is 0 Å². The number of nitrogens with one attached hydrogen (secondary N) is 4. The Kier molecular flexibility index (Phi) is 25.9. The molecule has 12 heterocycles. The highest BCUT2D eigenvalue weighted by Gasteiger charge is 2.48. The van der Waals surface area contributed by atoms with Crippen LogP contribution in [0.25, 0.3) is 0 Å². The molecule has 8 amide bonds. The monoisotopic (exact) mass is 1680 g/mol. The van der Waals surface area contributed by atoms with E-state index in [1.807, 2.05) is 30.3 Å². The Morgan fingerprint density at radius 3 is 0.887 bits per heavy atom. The molecule has 9 aliphatic rings. The van der Waals surface area contributed by atoms with E-state index in [1.165, 1.54) is 63.1 Å². The molecule has 0 spiro atoms. The molecular formula is C100H112N8O16. The first-order valence-electron chi connectivity index (χ1n) is 46.3. The van der Waals surface area contributed by atoms with Gasteiger partial charge >= 0.3 is 0 Å². The highest BCUT2D eigenvalue weighted by molar-refractivity contribution is 6.23. The van der Waals surface area contributed by atoms with Crippen molar-refractivity contribution >= 4 is 47.3 Å². The molecule has 4 unspecified atom stereocenters. The first-order chi connectivity index (χ1) is 60.6. The largest absolute Gasteiger partial charge is 0.472 e. The summed E-state index contributed by atoms with van der Waals surface area (Å²) < 4.78 is 59.9.